The zero-order chi connectivity index (χ0) is 17.4. The molecule has 0 bridgehead atoms. The lowest BCUT2D eigenvalue weighted by Gasteiger charge is -2.11. The van der Waals surface area contributed by atoms with E-state index in [0.29, 0.717) is 17.1 Å². The Morgan fingerprint density at radius 3 is 2.62 bits per heavy atom. The van der Waals surface area contributed by atoms with Gasteiger partial charge >= 0.3 is 5.97 Å². The number of hydrogen-bond acceptors (Lipinski definition) is 5. The average molecular weight is 333 g/mol. The van der Waals surface area contributed by atoms with Crippen LogP contribution in [0.15, 0.2) is 24.3 Å². The summed E-state index contributed by atoms with van der Waals surface area (Å²) in [5.41, 5.74) is 0.684. The van der Waals surface area contributed by atoms with E-state index in [1.807, 2.05) is 0 Å². The van der Waals surface area contributed by atoms with E-state index >= 15 is 0 Å². The predicted molar refractivity (Wildman–Crippen MR) is 89.9 cm³/mol. The van der Waals surface area contributed by atoms with Gasteiger partial charge in [-0.05, 0) is 37.1 Å². The first-order chi connectivity index (χ1) is 11.6. The van der Waals surface area contributed by atoms with Gasteiger partial charge in [0.2, 0.25) is 0 Å². The van der Waals surface area contributed by atoms with Crippen molar-refractivity contribution in [3.8, 4) is 11.5 Å². The minimum absolute atomic E-state index is 0.216. The molecule has 1 fully saturated rings. The second-order valence-electron chi connectivity index (χ2n) is 5.60. The van der Waals surface area contributed by atoms with Crippen LogP contribution in [0.1, 0.15) is 31.2 Å². The van der Waals surface area contributed by atoms with Crippen molar-refractivity contribution in [3.63, 3.8) is 0 Å². The molecule has 0 spiro atoms. The Morgan fingerprint density at radius 1 is 1.21 bits per heavy atom. The standard InChI is InChI=1S/C18H23NO5/c1-22-15-8-9-16(23-2)13(11-15)7-10-18(21)24-12-17(20)19-14-5-3-4-6-14/h7-11,14H,3-6,12H2,1-2H3,(H,19,20)/b10-7+. The summed E-state index contributed by atoms with van der Waals surface area (Å²) >= 11 is 0. The summed E-state index contributed by atoms with van der Waals surface area (Å²) in [5.74, 6) is 0.419. The molecule has 1 aliphatic carbocycles. The van der Waals surface area contributed by atoms with Crippen LogP contribution in [0.2, 0.25) is 0 Å². The molecule has 0 unspecified atom stereocenters. The maximum Gasteiger partial charge on any atom is 0.331 e. The summed E-state index contributed by atoms with van der Waals surface area (Å²) in [4.78, 5) is 23.5. The molecule has 1 N–H and O–H groups in total. The normalized spacial score (nSPS) is 14.6. The van der Waals surface area contributed by atoms with Crippen molar-refractivity contribution < 1.29 is 23.8 Å². The number of methoxy groups -OCH3 is 2. The predicted octanol–water partition coefficient (Wildman–Crippen LogP) is 2.32. The summed E-state index contributed by atoms with van der Waals surface area (Å²) in [6.07, 6.45) is 7.09. The van der Waals surface area contributed by atoms with Crippen LogP contribution >= 0.6 is 0 Å². The molecule has 1 saturated carbocycles. The number of nitrogens with one attached hydrogen (secondary N) is 1. The SMILES string of the molecule is COc1ccc(OC)c(/C=C/C(=O)OCC(=O)NC2CCCC2)c1. The van der Waals surface area contributed by atoms with Crippen LogP contribution in [0.3, 0.4) is 0 Å². The van der Waals surface area contributed by atoms with Crippen molar-refractivity contribution in [1.82, 2.24) is 5.32 Å². The van der Waals surface area contributed by atoms with Gasteiger partial charge in [0, 0.05) is 17.7 Å². The number of carbonyl (C=O) groups is 2. The average Bonchev–Trinajstić information content (AvgIpc) is 3.10. The lowest BCUT2D eigenvalue weighted by molar-refractivity contribution is -0.144. The van der Waals surface area contributed by atoms with Gasteiger partial charge < -0.3 is 19.5 Å². The largest absolute Gasteiger partial charge is 0.497 e. The van der Waals surface area contributed by atoms with Crippen LogP contribution in [-0.2, 0) is 14.3 Å². The molecule has 0 atom stereocenters. The van der Waals surface area contributed by atoms with E-state index in [0.717, 1.165) is 25.7 Å². The highest BCUT2D eigenvalue weighted by molar-refractivity contribution is 5.89. The fourth-order valence-corrected chi connectivity index (χ4v) is 2.65. The van der Waals surface area contributed by atoms with E-state index in [2.05, 4.69) is 5.32 Å². The monoisotopic (exact) mass is 333 g/mol. The third-order valence-corrected chi connectivity index (χ3v) is 3.90. The molecule has 6 nitrogen and oxygen atoms in total. The topological polar surface area (TPSA) is 73.9 Å². The highest BCUT2D eigenvalue weighted by atomic mass is 16.5. The number of rotatable bonds is 7. The van der Waals surface area contributed by atoms with Gasteiger partial charge in [-0.2, -0.15) is 0 Å². The Balaban J connectivity index is 1.85. The third-order valence-electron chi connectivity index (χ3n) is 3.90. The first-order valence-corrected chi connectivity index (χ1v) is 7.98. The van der Waals surface area contributed by atoms with Crippen molar-refractivity contribution in [2.75, 3.05) is 20.8 Å². The fourth-order valence-electron chi connectivity index (χ4n) is 2.65. The zero-order valence-corrected chi connectivity index (χ0v) is 14.0. The van der Waals surface area contributed by atoms with Gasteiger partial charge in [0.15, 0.2) is 6.61 Å². The lowest BCUT2D eigenvalue weighted by atomic mass is 10.1. The summed E-state index contributed by atoms with van der Waals surface area (Å²) in [6.45, 7) is -0.269. The fraction of sp³-hybridized carbons (Fsp3) is 0.444. The van der Waals surface area contributed by atoms with E-state index in [1.54, 1.807) is 38.5 Å². The van der Waals surface area contributed by atoms with E-state index in [1.165, 1.54) is 6.08 Å². The van der Waals surface area contributed by atoms with E-state index in [9.17, 15) is 9.59 Å². The molecule has 2 rings (SSSR count). The van der Waals surface area contributed by atoms with Crippen LogP contribution in [0.4, 0.5) is 0 Å². The van der Waals surface area contributed by atoms with Gasteiger partial charge in [0.25, 0.3) is 5.91 Å². The first-order valence-electron chi connectivity index (χ1n) is 7.98. The molecule has 24 heavy (non-hydrogen) atoms. The van der Waals surface area contributed by atoms with Crippen LogP contribution < -0.4 is 14.8 Å². The summed E-state index contributed by atoms with van der Waals surface area (Å²) < 4.78 is 15.3. The quantitative estimate of drug-likeness (QED) is 0.612. The van der Waals surface area contributed by atoms with Crippen LogP contribution in [0.25, 0.3) is 6.08 Å². The number of esters is 1. The molecule has 6 heteroatoms. The zero-order valence-electron chi connectivity index (χ0n) is 14.0. The minimum atomic E-state index is -0.582. The molecule has 1 amide bonds. The maximum atomic E-state index is 11.8. The molecule has 0 radical (unpaired) electrons. The van der Waals surface area contributed by atoms with Crippen LogP contribution in [0.5, 0.6) is 11.5 Å². The number of amides is 1. The Bertz CT molecular complexity index is 605. The van der Waals surface area contributed by atoms with Crippen LogP contribution in [-0.4, -0.2) is 38.7 Å². The van der Waals surface area contributed by atoms with Crippen molar-refractivity contribution in [3.05, 3.63) is 29.8 Å². The number of carbonyl (C=O) groups excluding carboxylic acids is 2. The van der Waals surface area contributed by atoms with Gasteiger partial charge in [-0.1, -0.05) is 12.8 Å². The Morgan fingerprint density at radius 2 is 1.96 bits per heavy atom. The molecule has 1 aromatic carbocycles. The second kappa shape index (κ2) is 8.96. The highest BCUT2D eigenvalue weighted by Crippen LogP contribution is 2.25. The van der Waals surface area contributed by atoms with Crippen molar-refractivity contribution in [2.24, 2.45) is 0 Å². The summed E-state index contributed by atoms with van der Waals surface area (Å²) in [6, 6.07) is 5.48. The summed E-state index contributed by atoms with van der Waals surface area (Å²) in [7, 11) is 3.11. The van der Waals surface area contributed by atoms with E-state index in [-0.39, 0.29) is 18.6 Å². The lowest BCUT2D eigenvalue weighted by Crippen LogP contribution is -2.35. The van der Waals surface area contributed by atoms with Crippen LogP contribution in [0, 0.1) is 0 Å². The first kappa shape index (κ1) is 17.8. The number of benzene rings is 1. The molecule has 0 saturated heterocycles. The number of hydrogen-bond donors (Lipinski definition) is 1. The molecule has 1 aliphatic rings. The number of ether oxygens (including phenoxy) is 3. The molecule has 0 aliphatic heterocycles. The van der Waals surface area contributed by atoms with Crippen molar-refractivity contribution in [2.45, 2.75) is 31.7 Å². The Hall–Kier alpha value is -2.50. The Labute approximate surface area is 141 Å². The van der Waals surface area contributed by atoms with Gasteiger partial charge in [-0.25, -0.2) is 4.79 Å². The van der Waals surface area contributed by atoms with E-state index < -0.39 is 5.97 Å². The molecule has 130 valence electrons. The van der Waals surface area contributed by atoms with Gasteiger partial charge in [0.1, 0.15) is 11.5 Å². The van der Waals surface area contributed by atoms with Gasteiger partial charge in [-0.15, -0.1) is 0 Å². The second-order valence-corrected chi connectivity index (χ2v) is 5.60. The smallest absolute Gasteiger partial charge is 0.331 e. The van der Waals surface area contributed by atoms with Crippen molar-refractivity contribution >= 4 is 18.0 Å². The summed E-state index contributed by atoms with van der Waals surface area (Å²) in [5, 5.41) is 2.86. The minimum Gasteiger partial charge on any atom is -0.497 e. The third kappa shape index (κ3) is 5.30. The molecular formula is C18H23NO5. The maximum absolute atomic E-state index is 11.8. The Kier molecular flexibility index (Phi) is 6.66. The molecule has 1 aromatic rings. The van der Waals surface area contributed by atoms with Gasteiger partial charge in [-0.3, -0.25) is 4.79 Å². The van der Waals surface area contributed by atoms with E-state index in [4.69, 9.17) is 14.2 Å². The highest BCUT2D eigenvalue weighted by Gasteiger charge is 2.17. The van der Waals surface area contributed by atoms with Crippen molar-refractivity contribution in [1.29, 1.82) is 0 Å². The molecule has 0 heterocycles. The molecule has 0 aromatic heterocycles. The van der Waals surface area contributed by atoms with Gasteiger partial charge in [0.05, 0.1) is 14.2 Å². The molecular weight excluding hydrogens is 310 g/mol.